The summed E-state index contributed by atoms with van der Waals surface area (Å²) in [5.41, 5.74) is 1.02. The zero-order valence-corrected chi connectivity index (χ0v) is 15.8. The summed E-state index contributed by atoms with van der Waals surface area (Å²) >= 11 is 0. The number of carbonyl (C=O) groups is 1. The van der Waals surface area contributed by atoms with E-state index in [1.54, 1.807) is 44.2 Å². The molecular formula is C20H18N4O5. The third-order valence-electron chi connectivity index (χ3n) is 4.37. The number of aromatic nitrogens is 3. The molecule has 4 heterocycles. The number of rotatable bonds is 6. The Morgan fingerprint density at radius 3 is 2.62 bits per heavy atom. The van der Waals surface area contributed by atoms with E-state index in [-0.39, 0.29) is 12.5 Å². The van der Waals surface area contributed by atoms with Crippen LogP contribution in [0.2, 0.25) is 0 Å². The van der Waals surface area contributed by atoms with Crippen LogP contribution in [-0.2, 0) is 11.3 Å². The molecular weight excluding hydrogens is 376 g/mol. The highest BCUT2D eigenvalue weighted by atomic mass is 16.5. The number of nitrogens with one attached hydrogen (secondary N) is 1. The maximum atomic E-state index is 12.7. The lowest BCUT2D eigenvalue weighted by Crippen LogP contribution is -2.37. The Hall–Kier alpha value is -3.88. The van der Waals surface area contributed by atoms with Crippen molar-refractivity contribution >= 4 is 5.91 Å². The maximum Gasteiger partial charge on any atom is 0.268 e. The fourth-order valence-corrected chi connectivity index (χ4v) is 2.87. The second kappa shape index (κ2) is 7.63. The van der Waals surface area contributed by atoms with Crippen molar-refractivity contribution in [1.29, 1.82) is 0 Å². The first-order chi connectivity index (χ1) is 14.0. The van der Waals surface area contributed by atoms with E-state index in [0.717, 1.165) is 4.68 Å². The quantitative estimate of drug-likeness (QED) is 0.534. The SMILES string of the molecule is Cc1cc(-c2cc(=O)n(C(C)C(=O)NCc3ccco3)nc2-c2ccco2)on1. The van der Waals surface area contributed by atoms with Crippen LogP contribution in [-0.4, -0.2) is 20.8 Å². The van der Waals surface area contributed by atoms with Crippen LogP contribution in [0.1, 0.15) is 24.4 Å². The molecule has 0 fully saturated rings. The van der Waals surface area contributed by atoms with Gasteiger partial charge in [0.25, 0.3) is 5.56 Å². The molecule has 1 atom stereocenters. The van der Waals surface area contributed by atoms with Crippen LogP contribution in [0.15, 0.2) is 67.1 Å². The highest BCUT2D eigenvalue weighted by Crippen LogP contribution is 2.30. The molecule has 0 radical (unpaired) electrons. The average Bonchev–Trinajstić information content (AvgIpc) is 3.47. The summed E-state index contributed by atoms with van der Waals surface area (Å²) in [6.45, 7) is 3.58. The van der Waals surface area contributed by atoms with Crippen LogP contribution >= 0.6 is 0 Å². The van der Waals surface area contributed by atoms with Gasteiger partial charge in [-0.1, -0.05) is 5.16 Å². The van der Waals surface area contributed by atoms with Crippen molar-refractivity contribution in [3.8, 4) is 22.8 Å². The van der Waals surface area contributed by atoms with Gasteiger partial charge in [-0.15, -0.1) is 0 Å². The van der Waals surface area contributed by atoms with Gasteiger partial charge in [0.2, 0.25) is 5.91 Å². The van der Waals surface area contributed by atoms with E-state index in [1.165, 1.54) is 18.6 Å². The van der Waals surface area contributed by atoms with Gasteiger partial charge >= 0.3 is 0 Å². The lowest BCUT2D eigenvalue weighted by Gasteiger charge is -2.15. The maximum absolute atomic E-state index is 12.7. The molecule has 0 aliphatic rings. The van der Waals surface area contributed by atoms with Crippen LogP contribution in [0.5, 0.6) is 0 Å². The van der Waals surface area contributed by atoms with Gasteiger partial charge in [0.15, 0.2) is 11.5 Å². The van der Waals surface area contributed by atoms with Crippen molar-refractivity contribution in [3.63, 3.8) is 0 Å². The number of furan rings is 2. The molecule has 0 bridgehead atoms. The second-order valence-electron chi connectivity index (χ2n) is 6.47. The average molecular weight is 394 g/mol. The molecule has 148 valence electrons. The fourth-order valence-electron chi connectivity index (χ4n) is 2.87. The lowest BCUT2D eigenvalue weighted by atomic mass is 10.1. The Balaban J connectivity index is 1.69. The molecule has 1 amide bonds. The second-order valence-corrected chi connectivity index (χ2v) is 6.47. The Kier molecular flexibility index (Phi) is 4.86. The predicted octanol–water partition coefficient (Wildman–Crippen LogP) is 2.94. The predicted molar refractivity (Wildman–Crippen MR) is 102 cm³/mol. The van der Waals surface area contributed by atoms with E-state index in [0.29, 0.717) is 34.2 Å². The summed E-state index contributed by atoms with van der Waals surface area (Å²) in [6, 6.07) is 9.12. The molecule has 0 saturated heterocycles. The van der Waals surface area contributed by atoms with Crippen molar-refractivity contribution in [2.24, 2.45) is 0 Å². The van der Waals surface area contributed by atoms with Gasteiger partial charge in [-0.3, -0.25) is 9.59 Å². The highest BCUT2D eigenvalue weighted by molar-refractivity contribution is 5.80. The number of hydrogen-bond donors (Lipinski definition) is 1. The van der Waals surface area contributed by atoms with E-state index in [2.05, 4.69) is 15.6 Å². The number of hydrogen-bond acceptors (Lipinski definition) is 7. The molecule has 0 spiro atoms. The van der Waals surface area contributed by atoms with Gasteiger partial charge in [-0.05, 0) is 38.1 Å². The summed E-state index contributed by atoms with van der Waals surface area (Å²) in [7, 11) is 0. The first-order valence-electron chi connectivity index (χ1n) is 8.94. The Morgan fingerprint density at radius 2 is 1.97 bits per heavy atom. The van der Waals surface area contributed by atoms with Gasteiger partial charge in [-0.25, -0.2) is 4.68 Å². The number of amides is 1. The fraction of sp³-hybridized carbons (Fsp3) is 0.200. The van der Waals surface area contributed by atoms with Crippen molar-refractivity contribution in [2.45, 2.75) is 26.4 Å². The summed E-state index contributed by atoms with van der Waals surface area (Å²) in [5, 5.41) is 11.0. The molecule has 1 N–H and O–H groups in total. The molecule has 0 aliphatic carbocycles. The summed E-state index contributed by atoms with van der Waals surface area (Å²) in [5.74, 6) is 1.06. The van der Waals surface area contributed by atoms with Gasteiger partial charge in [0, 0.05) is 12.1 Å². The smallest absolute Gasteiger partial charge is 0.268 e. The van der Waals surface area contributed by atoms with E-state index in [9.17, 15) is 9.59 Å². The minimum atomic E-state index is -0.850. The molecule has 0 saturated carbocycles. The standard InChI is InChI=1S/C20H18N4O5/c1-12-9-17(29-23-12)15-10-18(25)24(22-19(15)16-6-4-8-28-16)13(2)20(26)21-11-14-5-3-7-27-14/h3-10,13H,11H2,1-2H3,(H,21,26). The van der Waals surface area contributed by atoms with E-state index < -0.39 is 11.6 Å². The lowest BCUT2D eigenvalue weighted by molar-refractivity contribution is -0.124. The molecule has 4 rings (SSSR count). The van der Waals surface area contributed by atoms with Gasteiger partial charge < -0.3 is 18.7 Å². The van der Waals surface area contributed by atoms with Crippen LogP contribution in [0.25, 0.3) is 22.8 Å². The molecule has 0 aromatic carbocycles. The van der Waals surface area contributed by atoms with Crippen molar-refractivity contribution in [1.82, 2.24) is 20.3 Å². The minimum Gasteiger partial charge on any atom is -0.467 e. The van der Waals surface area contributed by atoms with Gasteiger partial charge in [-0.2, -0.15) is 5.10 Å². The largest absolute Gasteiger partial charge is 0.467 e. The first kappa shape index (κ1) is 18.5. The summed E-state index contributed by atoms with van der Waals surface area (Å²) in [4.78, 5) is 25.3. The Labute approximate surface area is 164 Å². The zero-order chi connectivity index (χ0) is 20.4. The minimum absolute atomic E-state index is 0.214. The first-order valence-corrected chi connectivity index (χ1v) is 8.94. The molecule has 4 aromatic heterocycles. The van der Waals surface area contributed by atoms with Crippen LogP contribution < -0.4 is 10.9 Å². The monoisotopic (exact) mass is 394 g/mol. The molecule has 29 heavy (non-hydrogen) atoms. The topological polar surface area (TPSA) is 116 Å². The van der Waals surface area contributed by atoms with E-state index in [1.807, 2.05) is 0 Å². The van der Waals surface area contributed by atoms with E-state index in [4.69, 9.17) is 13.4 Å². The number of aryl methyl sites for hydroxylation is 1. The molecule has 4 aromatic rings. The third kappa shape index (κ3) is 3.75. The van der Waals surface area contributed by atoms with Gasteiger partial charge in [0.05, 0.1) is 30.3 Å². The van der Waals surface area contributed by atoms with Crippen molar-refractivity contribution in [2.75, 3.05) is 0 Å². The summed E-state index contributed by atoms with van der Waals surface area (Å²) in [6.07, 6.45) is 3.03. The normalized spacial score (nSPS) is 12.1. The van der Waals surface area contributed by atoms with Crippen molar-refractivity contribution in [3.05, 3.63) is 70.7 Å². The zero-order valence-electron chi connectivity index (χ0n) is 15.8. The molecule has 9 nitrogen and oxygen atoms in total. The molecule has 1 unspecified atom stereocenters. The van der Waals surface area contributed by atoms with Gasteiger partial charge in [0.1, 0.15) is 17.5 Å². The Morgan fingerprint density at radius 1 is 1.17 bits per heavy atom. The van der Waals surface area contributed by atoms with Crippen LogP contribution in [0.3, 0.4) is 0 Å². The molecule has 9 heteroatoms. The molecule has 0 aliphatic heterocycles. The Bertz CT molecular complexity index is 1170. The van der Waals surface area contributed by atoms with E-state index >= 15 is 0 Å². The van der Waals surface area contributed by atoms with Crippen LogP contribution in [0, 0.1) is 6.92 Å². The number of carbonyl (C=O) groups excluding carboxylic acids is 1. The highest BCUT2D eigenvalue weighted by Gasteiger charge is 2.23. The summed E-state index contributed by atoms with van der Waals surface area (Å²) < 4.78 is 17.1. The third-order valence-corrected chi connectivity index (χ3v) is 4.37. The number of nitrogens with zero attached hydrogens (tertiary/aromatic N) is 3. The van der Waals surface area contributed by atoms with Crippen LogP contribution in [0.4, 0.5) is 0 Å². The van der Waals surface area contributed by atoms with Crippen molar-refractivity contribution < 1.29 is 18.2 Å².